The summed E-state index contributed by atoms with van der Waals surface area (Å²) in [6, 6.07) is 26.0. The number of nitrogens with zero attached hydrogens (tertiary/aromatic N) is 2. The lowest BCUT2D eigenvalue weighted by molar-refractivity contribution is -0.132. The zero-order chi connectivity index (χ0) is 32.2. The minimum Gasteiger partial charge on any atom is -0.507 e. The number of aromatic nitrogens is 1. The Hall–Kier alpha value is -4.86. The fraction of sp³-hybridized carbons (Fsp3) is 0.194. The monoisotopic (exact) mass is 654 g/mol. The highest BCUT2D eigenvalue weighted by atomic mass is 35.5. The van der Waals surface area contributed by atoms with E-state index in [-0.39, 0.29) is 11.3 Å². The first-order chi connectivity index (χ1) is 22.4. The number of halogens is 1. The third kappa shape index (κ3) is 6.29. The molecule has 0 radical (unpaired) electrons. The minimum absolute atomic E-state index is 0.0649. The number of anilines is 1. The summed E-state index contributed by atoms with van der Waals surface area (Å²) in [6.45, 7) is 5.11. The number of ketones is 1. The van der Waals surface area contributed by atoms with Gasteiger partial charge in [-0.15, -0.1) is 0 Å². The molecule has 4 aromatic carbocycles. The molecule has 1 aromatic heterocycles. The molecule has 234 valence electrons. The molecule has 8 nitrogen and oxygen atoms in total. The number of fused-ring (bicyclic) bond motifs is 1. The zero-order valence-corrected chi connectivity index (χ0v) is 26.8. The number of ether oxygens (including phenoxy) is 3. The van der Waals surface area contributed by atoms with Gasteiger partial charge in [-0.2, -0.15) is 0 Å². The summed E-state index contributed by atoms with van der Waals surface area (Å²) >= 11 is 7.47. The second-order valence-corrected chi connectivity index (χ2v) is 12.0. The Labute approximate surface area is 275 Å². The SMILES string of the molecule is CCCOc1ccc(/C(O)=C2\C(=O)C(=O)N(c3nc4ccc(Cl)cc4s3)C2c2ccc(OCc3ccccc3)c(OCC)c2)cc1. The van der Waals surface area contributed by atoms with E-state index in [1.807, 2.05) is 44.2 Å². The van der Waals surface area contributed by atoms with Crippen molar-refractivity contribution >= 4 is 55.7 Å². The highest BCUT2D eigenvalue weighted by molar-refractivity contribution is 7.22. The van der Waals surface area contributed by atoms with Crippen LogP contribution < -0.4 is 19.1 Å². The van der Waals surface area contributed by atoms with E-state index >= 15 is 0 Å². The van der Waals surface area contributed by atoms with Gasteiger partial charge in [0.2, 0.25) is 0 Å². The normalized spacial score (nSPS) is 15.8. The van der Waals surface area contributed by atoms with Gasteiger partial charge in [0, 0.05) is 10.6 Å². The van der Waals surface area contributed by atoms with Crippen LogP contribution in [-0.4, -0.2) is 35.0 Å². The third-order valence-electron chi connectivity index (χ3n) is 7.41. The van der Waals surface area contributed by atoms with E-state index in [4.69, 9.17) is 25.8 Å². The van der Waals surface area contributed by atoms with Crippen LogP contribution in [0, 0.1) is 0 Å². The molecular formula is C36H31ClN2O6S. The molecule has 1 unspecified atom stereocenters. The summed E-state index contributed by atoms with van der Waals surface area (Å²) in [6.07, 6.45) is 0.850. The molecule has 1 saturated heterocycles. The van der Waals surface area contributed by atoms with Crippen LogP contribution in [0.1, 0.15) is 43.0 Å². The summed E-state index contributed by atoms with van der Waals surface area (Å²) in [5, 5.41) is 12.5. The molecule has 1 aliphatic heterocycles. The van der Waals surface area contributed by atoms with E-state index in [0.717, 1.165) is 16.7 Å². The Morgan fingerprint density at radius 1 is 0.913 bits per heavy atom. The van der Waals surface area contributed by atoms with E-state index < -0.39 is 17.7 Å². The standard InChI is InChI=1S/C36H31ClN2O6S/c1-3-18-44-26-14-10-23(11-15-26)33(40)31-32(39(35(42)34(31)41)36-38-27-16-13-25(37)20-30(27)46-36)24-12-17-28(29(19-24)43-4-2)45-21-22-8-6-5-7-9-22/h5-17,19-20,32,40H,3-4,18,21H2,1-2H3/b33-31+. The van der Waals surface area contributed by atoms with Gasteiger partial charge in [-0.1, -0.05) is 66.3 Å². The van der Waals surface area contributed by atoms with Crippen LogP contribution in [0.3, 0.4) is 0 Å². The van der Waals surface area contributed by atoms with Gasteiger partial charge < -0.3 is 19.3 Å². The lowest BCUT2D eigenvalue weighted by Gasteiger charge is -2.24. The zero-order valence-electron chi connectivity index (χ0n) is 25.2. The Bertz CT molecular complexity index is 1920. The van der Waals surface area contributed by atoms with E-state index in [2.05, 4.69) is 4.98 Å². The second kappa shape index (κ2) is 13.6. The van der Waals surface area contributed by atoms with Gasteiger partial charge in [-0.25, -0.2) is 4.98 Å². The number of Topliss-reactive ketones (excluding diaryl/α,β-unsaturated/α-hetero) is 1. The molecule has 5 aromatic rings. The number of carbonyl (C=O) groups is 2. The molecule has 10 heteroatoms. The van der Waals surface area contributed by atoms with Crippen molar-refractivity contribution in [3.8, 4) is 17.2 Å². The lowest BCUT2D eigenvalue weighted by Crippen LogP contribution is -2.29. The van der Waals surface area contributed by atoms with Crippen LogP contribution in [0.4, 0.5) is 5.13 Å². The van der Waals surface area contributed by atoms with Gasteiger partial charge in [-0.3, -0.25) is 14.5 Å². The molecular weight excluding hydrogens is 624 g/mol. The highest BCUT2D eigenvalue weighted by Crippen LogP contribution is 2.46. The van der Waals surface area contributed by atoms with Crippen LogP contribution in [0.2, 0.25) is 5.02 Å². The van der Waals surface area contributed by atoms with Crippen molar-refractivity contribution in [2.24, 2.45) is 0 Å². The van der Waals surface area contributed by atoms with Gasteiger partial charge in [-0.05, 0) is 79.1 Å². The maximum Gasteiger partial charge on any atom is 0.301 e. The summed E-state index contributed by atoms with van der Waals surface area (Å²) in [4.78, 5) is 33.6. The molecule has 0 bridgehead atoms. The predicted octanol–water partition coefficient (Wildman–Crippen LogP) is 8.34. The van der Waals surface area contributed by atoms with Gasteiger partial charge in [0.15, 0.2) is 16.6 Å². The van der Waals surface area contributed by atoms with E-state index in [1.54, 1.807) is 60.7 Å². The molecule has 0 aliphatic carbocycles. The molecule has 1 amide bonds. The van der Waals surface area contributed by atoms with Crippen molar-refractivity contribution in [2.75, 3.05) is 18.1 Å². The maximum atomic E-state index is 13.8. The van der Waals surface area contributed by atoms with Crippen LogP contribution in [0.25, 0.3) is 16.0 Å². The molecule has 0 saturated carbocycles. The van der Waals surface area contributed by atoms with Crippen molar-refractivity contribution in [2.45, 2.75) is 32.9 Å². The molecule has 0 spiro atoms. The number of amides is 1. The van der Waals surface area contributed by atoms with E-state index in [0.29, 0.717) is 63.9 Å². The van der Waals surface area contributed by atoms with Crippen molar-refractivity contribution in [3.63, 3.8) is 0 Å². The van der Waals surface area contributed by atoms with Crippen molar-refractivity contribution < 1.29 is 28.9 Å². The first kappa shape index (κ1) is 31.1. The maximum absolute atomic E-state index is 13.8. The second-order valence-electron chi connectivity index (χ2n) is 10.6. The number of hydrogen-bond acceptors (Lipinski definition) is 8. The Morgan fingerprint density at radius 3 is 2.43 bits per heavy atom. The number of aliphatic hydroxyl groups excluding tert-OH is 1. The summed E-state index contributed by atoms with van der Waals surface area (Å²) in [5.41, 5.74) is 2.47. The fourth-order valence-electron chi connectivity index (χ4n) is 5.24. The summed E-state index contributed by atoms with van der Waals surface area (Å²) in [7, 11) is 0. The Kier molecular flexibility index (Phi) is 9.23. The van der Waals surface area contributed by atoms with E-state index in [9.17, 15) is 14.7 Å². The van der Waals surface area contributed by atoms with Crippen LogP contribution >= 0.6 is 22.9 Å². The van der Waals surface area contributed by atoms with Gasteiger partial charge in [0.25, 0.3) is 5.78 Å². The van der Waals surface area contributed by atoms with Gasteiger partial charge >= 0.3 is 5.91 Å². The summed E-state index contributed by atoms with van der Waals surface area (Å²) < 4.78 is 18.5. The molecule has 2 heterocycles. The van der Waals surface area contributed by atoms with Crippen LogP contribution in [0.5, 0.6) is 17.2 Å². The number of aliphatic hydroxyl groups is 1. The quantitative estimate of drug-likeness (QED) is 0.0868. The lowest BCUT2D eigenvalue weighted by atomic mass is 9.95. The average molecular weight is 655 g/mol. The topological polar surface area (TPSA) is 98.2 Å². The molecule has 6 rings (SSSR count). The molecule has 1 fully saturated rings. The third-order valence-corrected chi connectivity index (χ3v) is 8.66. The number of rotatable bonds is 11. The predicted molar refractivity (Wildman–Crippen MR) is 180 cm³/mol. The number of benzene rings is 4. The van der Waals surface area contributed by atoms with Crippen molar-refractivity contribution in [3.05, 3.63) is 118 Å². The van der Waals surface area contributed by atoms with E-state index in [1.165, 1.54) is 16.2 Å². The number of hydrogen-bond donors (Lipinski definition) is 1. The van der Waals surface area contributed by atoms with Crippen LogP contribution in [0.15, 0.2) is 96.6 Å². The van der Waals surface area contributed by atoms with Crippen LogP contribution in [-0.2, 0) is 16.2 Å². The smallest absolute Gasteiger partial charge is 0.301 e. The van der Waals surface area contributed by atoms with Gasteiger partial charge in [0.05, 0.1) is 35.0 Å². The number of thiazole rings is 1. The van der Waals surface area contributed by atoms with Gasteiger partial charge in [0.1, 0.15) is 18.1 Å². The number of carbonyl (C=O) groups excluding carboxylic acids is 2. The average Bonchev–Trinajstić information content (AvgIpc) is 3.60. The molecule has 1 atom stereocenters. The fourth-order valence-corrected chi connectivity index (χ4v) is 6.50. The van der Waals surface area contributed by atoms with Crippen molar-refractivity contribution in [1.29, 1.82) is 0 Å². The molecule has 46 heavy (non-hydrogen) atoms. The molecule has 1 N–H and O–H groups in total. The summed E-state index contributed by atoms with van der Waals surface area (Å²) in [5.74, 6) is -0.357. The minimum atomic E-state index is -1.01. The van der Waals surface area contributed by atoms with Crippen molar-refractivity contribution in [1.82, 2.24) is 4.98 Å². The largest absolute Gasteiger partial charge is 0.507 e. The highest BCUT2D eigenvalue weighted by Gasteiger charge is 2.48. The Morgan fingerprint density at radius 2 is 1.70 bits per heavy atom. The first-order valence-corrected chi connectivity index (χ1v) is 16.1. The Balaban J connectivity index is 1.46. The first-order valence-electron chi connectivity index (χ1n) is 14.9. The molecule has 1 aliphatic rings.